The summed E-state index contributed by atoms with van der Waals surface area (Å²) >= 11 is 5.69. The maximum Gasteiger partial charge on any atom is 0.126 e. The van der Waals surface area contributed by atoms with E-state index in [2.05, 4.69) is 30.1 Å². The molecule has 1 heterocycles. The molecule has 0 aliphatic rings. The van der Waals surface area contributed by atoms with Gasteiger partial charge in [0.05, 0.1) is 14.2 Å². The largest absolute Gasteiger partial charge is 0.497 e. The van der Waals surface area contributed by atoms with Crippen LogP contribution in [0, 0.1) is 4.64 Å². The Kier molecular flexibility index (Phi) is 5.39. The smallest absolute Gasteiger partial charge is 0.126 e. The van der Waals surface area contributed by atoms with Crippen molar-refractivity contribution in [1.29, 1.82) is 0 Å². The van der Waals surface area contributed by atoms with Gasteiger partial charge in [0.15, 0.2) is 0 Å². The van der Waals surface area contributed by atoms with Crippen LogP contribution >= 0.6 is 12.2 Å². The number of benzene rings is 2. The third-order valence-electron chi connectivity index (χ3n) is 4.48. The summed E-state index contributed by atoms with van der Waals surface area (Å²) in [5.74, 6) is 1.63. The minimum atomic E-state index is 0.798. The highest BCUT2D eigenvalue weighted by Crippen LogP contribution is 2.40. The Balaban J connectivity index is 2.39. The molecule has 0 unspecified atom stereocenters. The minimum absolute atomic E-state index is 0.798. The molecular weight excluding hydrogens is 330 g/mol. The second-order valence-corrected chi connectivity index (χ2v) is 6.43. The number of H-pyrrole nitrogens is 1. The summed E-state index contributed by atoms with van der Waals surface area (Å²) in [4.78, 5) is 3.39. The van der Waals surface area contributed by atoms with Crippen LogP contribution in [0.25, 0.3) is 22.0 Å². The predicted molar refractivity (Wildman–Crippen MR) is 106 cm³/mol. The monoisotopic (exact) mass is 353 g/mol. The summed E-state index contributed by atoms with van der Waals surface area (Å²) in [6, 6.07) is 14.2. The molecule has 0 aliphatic heterocycles. The van der Waals surface area contributed by atoms with E-state index >= 15 is 0 Å². The summed E-state index contributed by atoms with van der Waals surface area (Å²) in [7, 11) is 3.38. The van der Waals surface area contributed by atoms with Crippen molar-refractivity contribution in [2.75, 3.05) is 14.2 Å². The van der Waals surface area contributed by atoms with Crippen molar-refractivity contribution in [2.24, 2.45) is 0 Å². The van der Waals surface area contributed by atoms with E-state index in [9.17, 15) is 0 Å². The van der Waals surface area contributed by atoms with Crippen LogP contribution in [-0.2, 0) is 6.42 Å². The number of pyridine rings is 1. The Morgan fingerprint density at radius 1 is 1.04 bits per heavy atom. The number of unbranched alkanes of at least 4 members (excludes halogenated alkanes) is 1. The number of nitrogens with one attached hydrogen (secondary N) is 1. The molecular formula is C21H23NO2S. The topological polar surface area (TPSA) is 34.2 Å². The Morgan fingerprint density at radius 2 is 1.84 bits per heavy atom. The lowest BCUT2D eigenvalue weighted by Crippen LogP contribution is -1.99. The number of aromatic nitrogens is 1. The lowest BCUT2D eigenvalue weighted by molar-refractivity contribution is 0.404. The maximum atomic E-state index is 5.69. The first-order valence-corrected chi connectivity index (χ1v) is 8.96. The van der Waals surface area contributed by atoms with E-state index in [1.54, 1.807) is 14.2 Å². The number of hydrogen-bond donors (Lipinski definition) is 1. The van der Waals surface area contributed by atoms with Gasteiger partial charge in [-0.2, -0.15) is 0 Å². The van der Waals surface area contributed by atoms with Crippen molar-refractivity contribution in [1.82, 2.24) is 4.98 Å². The van der Waals surface area contributed by atoms with Gasteiger partial charge < -0.3 is 14.5 Å². The fraction of sp³-hybridized carbons (Fsp3) is 0.286. The summed E-state index contributed by atoms with van der Waals surface area (Å²) in [5.41, 5.74) is 4.36. The molecule has 0 atom stereocenters. The molecule has 0 fully saturated rings. The molecule has 0 spiro atoms. The summed E-state index contributed by atoms with van der Waals surface area (Å²) in [5, 5.41) is 1.15. The molecule has 3 nitrogen and oxygen atoms in total. The number of aromatic amines is 1. The van der Waals surface area contributed by atoms with Crippen molar-refractivity contribution in [2.45, 2.75) is 26.2 Å². The average molecular weight is 353 g/mol. The Morgan fingerprint density at radius 3 is 2.56 bits per heavy atom. The highest BCUT2D eigenvalue weighted by molar-refractivity contribution is 7.71. The molecule has 3 aromatic rings. The number of ether oxygens (including phenoxy) is 2. The van der Waals surface area contributed by atoms with Crippen molar-refractivity contribution >= 4 is 23.1 Å². The summed E-state index contributed by atoms with van der Waals surface area (Å²) in [6.07, 6.45) is 3.15. The van der Waals surface area contributed by atoms with Gasteiger partial charge in [0.2, 0.25) is 0 Å². The zero-order valence-electron chi connectivity index (χ0n) is 14.9. The number of hydrogen-bond acceptors (Lipinski definition) is 3. The Hall–Kier alpha value is -2.33. The van der Waals surface area contributed by atoms with E-state index in [1.165, 1.54) is 5.56 Å². The molecule has 0 saturated heterocycles. The zero-order chi connectivity index (χ0) is 17.8. The highest BCUT2D eigenvalue weighted by atomic mass is 32.1. The molecule has 4 heteroatoms. The first kappa shape index (κ1) is 17.5. The SMILES string of the molecule is CCCCc1c(-c2cc(OC)ccc2OC)c2ccccc2[nH]c1=S. The van der Waals surface area contributed by atoms with Gasteiger partial charge in [0, 0.05) is 22.0 Å². The molecule has 3 rings (SSSR count). The van der Waals surface area contributed by atoms with E-state index in [0.29, 0.717) is 0 Å². The van der Waals surface area contributed by atoms with Gasteiger partial charge in [-0.05, 0) is 42.7 Å². The van der Waals surface area contributed by atoms with E-state index in [0.717, 1.165) is 57.4 Å². The molecule has 0 bridgehead atoms. The van der Waals surface area contributed by atoms with Crippen LogP contribution < -0.4 is 9.47 Å². The summed E-state index contributed by atoms with van der Waals surface area (Å²) in [6.45, 7) is 2.19. The van der Waals surface area contributed by atoms with Crippen molar-refractivity contribution in [3.8, 4) is 22.6 Å². The van der Waals surface area contributed by atoms with Crippen molar-refractivity contribution < 1.29 is 9.47 Å². The number of rotatable bonds is 6. The fourth-order valence-corrected chi connectivity index (χ4v) is 3.51. The summed E-state index contributed by atoms with van der Waals surface area (Å²) < 4.78 is 11.9. The van der Waals surface area contributed by atoms with Gasteiger partial charge in [-0.3, -0.25) is 0 Å². The van der Waals surface area contributed by atoms with Gasteiger partial charge >= 0.3 is 0 Å². The van der Waals surface area contributed by atoms with Crippen LogP contribution in [0.3, 0.4) is 0 Å². The molecule has 1 N–H and O–H groups in total. The quantitative estimate of drug-likeness (QED) is 0.558. The van der Waals surface area contributed by atoms with Gasteiger partial charge in [-0.15, -0.1) is 0 Å². The third kappa shape index (κ3) is 3.40. The molecule has 0 radical (unpaired) electrons. The van der Waals surface area contributed by atoms with Crippen LogP contribution in [0.1, 0.15) is 25.3 Å². The molecule has 25 heavy (non-hydrogen) atoms. The van der Waals surface area contributed by atoms with Crippen molar-refractivity contribution in [3.63, 3.8) is 0 Å². The van der Waals surface area contributed by atoms with Gasteiger partial charge in [0.25, 0.3) is 0 Å². The van der Waals surface area contributed by atoms with Crippen LogP contribution in [0.5, 0.6) is 11.5 Å². The van der Waals surface area contributed by atoms with E-state index in [-0.39, 0.29) is 0 Å². The standard InChI is InChI=1S/C21H23NO2S/c1-4-5-8-16-20(15-9-6-7-10-18(15)22-21(16)25)17-13-14(23-2)11-12-19(17)24-3/h6-7,9-13H,4-5,8H2,1-3H3,(H,22,25). The second-order valence-electron chi connectivity index (χ2n) is 6.02. The number of para-hydroxylation sites is 1. The third-order valence-corrected chi connectivity index (χ3v) is 4.83. The second kappa shape index (κ2) is 7.70. The van der Waals surface area contributed by atoms with E-state index in [4.69, 9.17) is 21.7 Å². The molecule has 0 aliphatic carbocycles. The molecule has 0 amide bonds. The van der Waals surface area contributed by atoms with E-state index in [1.807, 2.05) is 24.3 Å². The highest BCUT2D eigenvalue weighted by Gasteiger charge is 2.17. The zero-order valence-corrected chi connectivity index (χ0v) is 15.7. The molecule has 130 valence electrons. The van der Waals surface area contributed by atoms with Crippen LogP contribution in [0.4, 0.5) is 0 Å². The van der Waals surface area contributed by atoms with Gasteiger partial charge in [0.1, 0.15) is 16.1 Å². The Labute approximate surface area is 153 Å². The number of fused-ring (bicyclic) bond motifs is 1. The first-order valence-electron chi connectivity index (χ1n) is 8.55. The van der Waals surface area contributed by atoms with Gasteiger partial charge in [-0.25, -0.2) is 0 Å². The Bertz CT molecular complexity index is 946. The van der Waals surface area contributed by atoms with Crippen LogP contribution in [0.15, 0.2) is 42.5 Å². The van der Waals surface area contributed by atoms with Crippen molar-refractivity contribution in [3.05, 3.63) is 52.7 Å². The van der Waals surface area contributed by atoms with Crippen LogP contribution in [0.2, 0.25) is 0 Å². The van der Waals surface area contributed by atoms with E-state index < -0.39 is 0 Å². The molecule has 1 aromatic heterocycles. The average Bonchev–Trinajstić information content (AvgIpc) is 2.65. The maximum absolute atomic E-state index is 5.69. The first-order chi connectivity index (χ1) is 12.2. The van der Waals surface area contributed by atoms with Gasteiger partial charge in [-0.1, -0.05) is 43.8 Å². The lowest BCUT2D eigenvalue weighted by Gasteiger charge is -2.17. The van der Waals surface area contributed by atoms with Crippen LogP contribution in [-0.4, -0.2) is 19.2 Å². The predicted octanol–water partition coefficient (Wildman–Crippen LogP) is 5.92. The lowest BCUT2D eigenvalue weighted by atomic mass is 9.93. The molecule has 2 aromatic carbocycles. The fourth-order valence-electron chi connectivity index (χ4n) is 3.19. The minimum Gasteiger partial charge on any atom is -0.497 e. The normalized spacial score (nSPS) is 10.8. The molecule has 0 saturated carbocycles. The number of methoxy groups -OCH3 is 2.